The fraction of sp³-hybridized carbons (Fsp3) is 0.625. The van der Waals surface area contributed by atoms with E-state index in [1.165, 1.54) is 17.5 Å². The van der Waals surface area contributed by atoms with Crippen molar-refractivity contribution < 1.29 is 9.47 Å². The lowest BCUT2D eigenvalue weighted by Crippen LogP contribution is -2.28. The van der Waals surface area contributed by atoms with Crippen molar-refractivity contribution in [2.45, 2.75) is 38.4 Å². The lowest BCUT2D eigenvalue weighted by Gasteiger charge is -2.29. The molecule has 1 saturated carbocycles. The van der Waals surface area contributed by atoms with Crippen LogP contribution in [0.3, 0.4) is 0 Å². The molecule has 0 amide bonds. The van der Waals surface area contributed by atoms with E-state index in [4.69, 9.17) is 9.47 Å². The molecule has 1 aliphatic heterocycles. The van der Waals surface area contributed by atoms with Crippen LogP contribution in [0.2, 0.25) is 0 Å². The van der Waals surface area contributed by atoms with E-state index in [2.05, 4.69) is 38.1 Å². The quantitative estimate of drug-likeness (QED) is 0.696. The van der Waals surface area contributed by atoms with Crippen LogP contribution in [0.15, 0.2) is 24.3 Å². The van der Waals surface area contributed by atoms with Gasteiger partial charge in [0.2, 0.25) is 0 Å². The van der Waals surface area contributed by atoms with Gasteiger partial charge in [0.1, 0.15) is 0 Å². The zero-order chi connectivity index (χ0) is 12.4. The Kier molecular flexibility index (Phi) is 2.06. The molecule has 96 valence electrons. The maximum Gasteiger partial charge on any atom is 0.195 e. The summed E-state index contributed by atoms with van der Waals surface area (Å²) < 4.78 is 12.0. The van der Waals surface area contributed by atoms with Crippen LogP contribution in [0.25, 0.3) is 0 Å². The average molecular weight is 244 g/mol. The third kappa shape index (κ3) is 1.25. The van der Waals surface area contributed by atoms with Crippen LogP contribution < -0.4 is 0 Å². The molecule has 1 saturated heterocycles. The number of hydrogen-bond donors (Lipinski definition) is 0. The summed E-state index contributed by atoms with van der Waals surface area (Å²) in [6.07, 6.45) is 2.22. The Morgan fingerprint density at radius 2 is 1.83 bits per heavy atom. The minimum atomic E-state index is -0.430. The molecule has 2 atom stereocenters. The smallest absolute Gasteiger partial charge is 0.195 e. The highest BCUT2D eigenvalue weighted by molar-refractivity contribution is 5.42. The number of rotatable bonds is 0. The summed E-state index contributed by atoms with van der Waals surface area (Å²) >= 11 is 0. The van der Waals surface area contributed by atoms with Crippen molar-refractivity contribution in [3.63, 3.8) is 0 Å². The largest absolute Gasteiger partial charge is 0.343 e. The summed E-state index contributed by atoms with van der Waals surface area (Å²) in [4.78, 5) is 0. The molecule has 2 fully saturated rings. The van der Waals surface area contributed by atoms with Crippen molar-refractivity contribution in [2.24, 2.45) is 11.3 Å². The molecule has 2 aliphatic carbocycles. The third-order valence-corrected chi connectivity index (χ3v) is 5.29. The predicted octanol–water partition coefficient (Wildman–Crippen LogP) is 3.42. The van der Waals surface area contributed by atoms with Gasteiger partial charge in [0.05, 0.1) is 13.2 Å². The van der Waals surface area contributed by atoms with Gasteiger partial charge in [-0.3, -0.25) is 0 Å². The topological polar surface area (TPSA) is 18.5 Å². The van der Waals surface area contributed by atoms with Crippen LogP contribution in [0.1, 0.15) is 43.7 Å². The normalized spacial score (nSPS) is 34.8. The van der Waals surface area contributed by atoms with Crippen LogP contribution >= 0.6 is 0 Å². The van der Waals surface area contributed by atoms with Gasteiger partial charge in [-0.15, -0.1) is 0 Å². The minimum absolute atomic E-state index is 0.430. The Labute approximate surface area is 108 Å². The van der Waals surface area contributed by atoms with Gasteiger partial charge in [0.25, 0.3) is 0 Å². The van der Waals surface area contributed by atoms with E-state index in [-0.39, 0.29) is 0 Å². The third-order valence-electron chi connectivity index (χ3n) is 5.29. The maximum absolute atomic E-state index is 6.00. The SMILES string of the molecule is CC1(C)[C@@H]2c3ccccc3C3(CC[C@@H]21)OCCO3. The fourth-order valence-corrected chi connectivity index (χ4v) is 4.25. The predicted molar refractivity (Wildman–Crippen MR) is 69.3 cm³/mol. The van der Waals surface area contributed by atoms with Gasteiger partial charge in [-0.25, -0.2) is 0 Å². The van der Waals surface area contributed by atoms with E-state index < -0.39 is 5.79 Å². The summed E-state index contributed by atoms with van der Waals surface area (Å²) in [6, 6.07) is 8.75. The zero-order valence-electron chi connectivity index (χ0n) is 11.1. The first-order valence-corrected chi connectivity index (χ1v) is 7.02. The number of benzene rings is 1. The van der Waals surface area contributed by atoms with E-state index >= 15 is 0 Å². The summed E-state index contributed by atoms with van der Waals surface area (Å²) in [5.74, 6) is 1.06. The monoisotopic (exact) mass is 244 g/mol. The number of fused-ring (bicyclic) bond motifs is 4. The molecule has 3 aliphatic rings. The number of hydrogen-bond acceptors (Lipinski definition) is 2. The molecule has 1 spiro atoms. The first-order valence-electron chi connectivity index (χ1n) is 7.02. The fourth-order valence-electron chi connectivity index (χ4n) is 4.25. The highest BCUT2D eigenvalue weighted by atomic mass is 16.7. The highest BCUT2D eigenvalue weighted by Crippen LogP contribution is 2.69. The van der Waals surface area contributed by atoms with Gasteiger partial charge in [0, 0.05) is 12.0 Å². The second kappa shape index (κ2) is 3.37. The molecule has 2 nitrogen and oxygen atoms in total. The van der Waals surface area contributed by atoms with E-state index in [1.807, 2.05) is 0 Å². The first kappa shape index (κ1) is 11.0. The van der Waals surface area contributed by atoms with Crippen molar-refractivity contribution in [3.8, 4) is 0 Å². The molecular formula is C16H20O2. The molecule has 0 aromatic heterocycles. The molecule has 0 bridgehead atoms. The van der Waals surface area contributed by atoms with Gasteiger partial charge in [-0.1, -0.05) is 38.1 Å². The van der Waals surface area contributed by atoms with Crippen molar-refractivity contribution in [2.75, 3.05) is 13.2 Å². The van der Waals surface area contributed by atoms with E-state index in [1.54, 1.807) is 0 Å². The molecule has 18 heavy (non-hydrogen) atoms. The Hall–Kier alpha value is -0.860. The lowest BCUT2D eigenvalue weighted by molar-refractivity contribution is -0.172. The van der Waals surface area contributed by atoms with Crippen molar-refractivity contribution in [1.29, 1.82) is 0 Å². The molecule has 1 aromatic carbocycles. The molecule has 1 heterocycles. The van der Waals surface area contributed by atoms with Crippen LogP contribution in [-0.4, -0.2) is 13.2 Å². The van der Waals surface area contributed by atoms with Crippen molar-refractivity contribution >= 4 is 0 Å². The Balaban J connectivity index is 1.86. The summed E-state index contributed by atoms with van der Waals surface area (Å²) in [5, 5.41) is 0. The minimum Gasteiger partial charge on any atom is -0.343 e. The van der Waals surface area contributed by atoms with Crippen LogP contribution in [-0.2, 0) is 15.3 Å². The van der Waals surface area contributed by atoms with Crippen molar-refractivity contribution in [1.82, 2.24) is 0 Å². The molecular weight excluding hydrogens is 224 g/mol. The second-order valence-corrected chi connectivity index (χ2v) is 6.48. The Morgan fingerprint density at radius 3 is 2.61 bits per heavy atom. The first-order chi connectivity index (χ1) is 8.65. The second-order valence-electron chi connectivity index (χ2n) is 6.48. The Morgan fingerprint density at radius 1 is 1.11 bits per heavy atom. The molecule has 0 unspecified atom stereocenters. The van der Waals surface area contributed by atoms with Gasteiger partial charge in [0.15, 0.2) is 5.79 Å². The number of ether oxygens (including phenoxy) is 2. The maximum atomic E-state index is 6.00. The molecule has 0 radical (unpaired) electrons. The van der Waals surface area contributed by atoms with Gasteiger partial charge >= 0.3 is 0 Å². The van der Waals surface area contributed by atoms with Crippen LogP contribution in [0, 0.1) is 11.3 Å². The lowest BCUT2D eigenvalue weighted by atomic mass is 9.91. The van der Waals surface area contributed by atoms with Gasteiger partial charge in [-0.2, -0.15) is 0 Å². The average Bonchev–Trinajstić information content (AvgIpc) is 2.71. The van der Waals surface area contributed by atoms with Crippen molar-refractivity contribution in [3.05, 3.63) is 35.4 Å². The molecule has 0 N–H and O–H groups in total. The van der Waals surface area contributed by atoms with Crippen LogP contribution in [0.5, 0.6) is 0 Å². The summed E-state index contributed by atoms with van der Waals surface area (Å²) in [5.41, 5.74) is 3.21. The summed E-state index contributed by atoms with van der Waals surface area (Å²) in [7, 11) is 0. The van der Waals surface area contributed by atoms with Gasteiger partial charge < -0.3 is 9.47 Å². The molecule has 4 rings (SSSR count). The Bertz CT molecular complexity index is 486. The van der Waals surface area contributed by atoms with E-state index in [0.717, 1.165) is 25.6 Å². The van der Waals surface area contributed by atoms with E-state index in [0.29, 0.717) is 11.3 Å². The van der Waals surface area contributed by atoms with E-state index in [9.17, 15) is 0 Å². The van der Waals surface area contributed by atoms with Gasteiger partial charge in [-0.05, 0) is 29.2 Å². The molecule has 1 aromatic rings. The zero-order valence-corrected chi connectivity index (χ0v) is 11.1. The standard InChI is InChI=1S/C16H20O2/c1-15(2)13-7-8-16(17-9-10-18-16)12-6-4-3-5-11(12)14(13)15/h3-6,13-14H,7-10H2,1-2H3/t13-,14+/m0/s1. The summed E-state index contributed by atoms with van der Waals surface area (Å²) in [6.45, 7) is 6.25. The molecule has 2 heteroatoms. The highest BCUT2D eigenvalue weighted by Gasteiger charge is 2.62. The van der Waals surface area contributed by atoms with Crippen LogP contribution in [0.4, 0.5) is 0 Å².